The minimum atomic E-state index is -0.740. The lowest BCUT2D eigenvalue weighted by atomic mass is 10.1. The van der Waals surface area contributed by atoms with Crippen molar-refractivity contribution in [3.8, 4) is 0 Å². The Kier molecular flexibility index (Phi) is 4.42. The van der Waals surface area contributed by atoms with E-state index in [0.717, 1.165) is 0 Å². The summed E-state index contributed by atoms with van der Waals surface area (Å²) in [7, 11) is 0. The van der Waals surface area contributed by atoms with Crippen molar-refractivity contribution in [2.75, 3.05) is 18.0 Å². The molecule has 1 unspecified atom stereocenters. The molecule has 1 amide bonds. The van der Waals surface area contributed by atoms with Gasteiger partial charge in [-0.1, -0.05) is 25.4 Å². The van der Waals surface area contributed by atoms with Crippen LogP contribution in [0.3, 0.4) is 0 Å². The fourth-order valence-corrected chi connectivity index (χ4v) is 2.27. The number of Topliss-reactive ketones (excluding diaryl/α,β-unsaturated/α-hetero) is 1. The van der Waals surface area contributed by atoms with Gasteiger partial charge in [0, 0.05) is 17.6 Å². The topological polar surface area (TPSA) is 69.6 Å². The number of aliphatic hydroxyl groups excluding tert-OH is 1. The van der Waals surface area contributed by atoms with E-state index < -0.39 is 17.8 Å². The maximum atomic E-state index is 11.9. The Morgan fingerprint density at radius 3 is 2.70 bits per heavy atom. The third-order valence-electron chi connectivity index (χ3n) is 3.09. The number of benzene rings is 1. The minimum absolute atomic E-state index is 0.0823. The van der Waals surface area contributed by atoms with Gasteiger partial charge in [-0.15, -0.1) is 0 Å². The quantitative estimate of drug-likeness (QED) is 0.802. The molecule has 108 valence electrons. The molecule has 6 heteroatoms. The molecule has 20 heavy (non-hydrogen) atoms. The summed E-state index contributed by atoms with van der Waals surface area (Å²) in [4.78, 5) is 25.1. The van der Waals surface area contributed by atoms with Gasteiger partial charge in [-0.3, -0.25) is 9.59 Å². The zero-order chi connectivity index (χ0) is 14.9. The maximum Gasteiger partial charge on any atom is 0.299 e. The number of hydrogen-bond acceptors (Lipinski definition) is 4. The Labute approximate surface area is 122 Å². The first-order chi connectivity index (χ1) is 9.40. The van der Waals surface area contributed by atoms with Crippen molar-refractivity contribution >= 4 is 29.0 Å². The van der Waals surface area contributed by atoms with Crippen LogP contribution in [0.25, 0.3) is 0 Å². The van der Waals surface area contributed by atoms with Crippen molar-refractivity contribution in [1.29, 1.82) is 0 Å². The molecule has 0 spiro atoms. The molecule has 2 N–H and O–H groups in total. The highest BCUT2D eigenvalue weighted by Crippen LogP contribution is 2.31. The van der Waals surface area contributed by atoms with Crippen LogP contribution in [0.4, 0.5) is 5.69 Å². The predicted molar refractivity (Wildman–Crippen MR) is 77.3 cm³/mol. The Balaban J connectivity index is 2.14. The van der Waals surface area contributed by atoms with Gasteiger partial charge in [-0.2, -0.15) is 0 Å². The maximum absolute atomic E-state index is 11.9. The first kappa shape index (κ1) is 15.0. The number of carbonyl (C=O) groups excluding carboxylic acids is 2. The molecule has 0 aromatic heterocycles. The molecule has 0 saturated heterocycles. The highest BCUT2D eigenvalue weighted by molar-refractivity contribution is 6.52. The number of aliphatic hydroxyl groups is 1. The normalized spacial score (nSPS) is 15.9. The third kappa shape index (κ3) is 3.00. The zero-order valence-corrected chi connectivity index (χ0v) is 12.1. The molecule has 0 fully saturated rings. The van der Waals surface area contributed by atoms with Gasteiger partial charge in [0.25, 0.3) is 11.7 Å². The van der Waals surface area contributed by atoms with Crippen LogP contribution in [0.15, 0.2) is 18.2 Å². The summed E-state index contributed by atoms with van der Waals surface area (Å²) in [6.45, 7) is 4.38. The molecule has 0 aliphatic carbocycles. The van der Waals surface area contributed by atoms with Gasteiger partial charge < -0.3 is 15.3 Å². The Bertz CT molecular complexity index is 545. The second-order valence-corrected chi connectivity index (χ2v) is 5.56. The summed E-state index contributed by atoms with van der Waals surface area (Å²) < 4.78 is 0. The van der Waals surface area contributed by atoms with E-state index in [1.807, 2.05) is 13.8 Å². The van der Waals surface area contributed by atoms with E-state index in [-0.39, 0.29) is 12.6 Å². The van der Waals surface area contributed by atoms with Gasteiger partial charge in [0.1, 0.15) is 0 Å². The highest BCUT2D eigenvalue weighted by Gasteiger charge is 2.36. The van der Waals surface area contributed by atoms with Gasteiger partial charge in [-0.25, -0.2) is 0 Å². The van der Waals surface area contributed by atoms with Crippen LogP contribution in [0, 0.1) is 0 Å². The summed E-state index contributed by atoms with van der Waals surface area (Å²) in [6, 6.07) is 4.98. The summed E-state index contributed by atoms with van der Waals surface area (Å²) in [5.41, 5.74) is 0.805. The number of hydrogen-bond donors (Lipinski definition) is 2. The van der Waals surface area contributed by atoms with E-state index in [2.05, 4.69) is 5.32 Å². The summed E-state index contributed by atoms with van der Waals surface area (Å²) in [6.07, 6.45) is -0.740. The predicted octanol–water partition coefficient (Wildman–Crippen LogP) is 1.23. The average Bonchev–Trinajstić information content (AvgIpc) is 2.61. The molecular formula is C14H17ClN2O3. The van der Waals surface area contributed by atoms with Crippen LogP contribution in [0.5, 0.6) is 0 Å². The van der Waals surface area contributed by atoms with E-state index in [4.69, 9.17) is 11.6 Å². The first-order valence-electron chi connectivity index (χ1n) is 6.47. The molecule has 2 rings (SSSR count). The van der Waals surface area contributed by atoms with Crippen molar-refractivity contribution in [3.05, 3.63) is 28.8 Å². The monoisotopic (exact) mass is 296 g/mol. The van der Waals surface area contributed by atoms with Gasteiger partial charge >= 0.3 is 0 Å². The molecule has 0 radical (unpaired) electrons. The molecule has 1 heterocycles. The van der Waals surface area contributed by atoms with Crippen molar-refractivity contribution in [2.45, 2.75) is 26.0 Å². The number of carbonyl (C=O) groups is 2. The van der Waals surface area contributed by atoms with Crippen LogP contribution in [-0.4, -0.2) is 42.0 Å². The molecule has 1 atom stereocenters. The second kappa shape index (κ2) is 5.91. The fraction of sp³-hybridized carbons (Fsp3) is 0.429. The molecule has 5 nitrogen and oxygen atoms in total. The van der Waals surface area contributed by atoms with Crippen molar-refractivity contribution < 1.29 is 14.7 Å². The molecule has 1 aromatic rings. The van der Waals surface area contributed by atoms with E-state index in [0.29, 0.717) is 22.8 Å². The van der Waals surface area contributed by atoms with E-state index in [1.54, 1.807) is 12.1 Å². The number of rotatable bonds is 5. The highest BCUT2D eigenvalue weighted by atomic mass is 35.5. The van der Waals surface area contributed by atoms with Crippen LogP contribution >= 0.6 is 11.6 Å². The van der Waals surface area contributed by atoms with E-state index in [9.17, 15) is 14.7 Å². The standard InChI is InChI=1S/C14H17ClN2O3/c1-8(2)16-6-10(18)7-17-12-4-3-9(15)5-11(12)13(19)14(17)20/h3-5,8,10,16,18H,6-7H2,1-2H3. The number of anilines is 1. The molecule has 1 aliphatic heterocycles. The Morgan fingerprint density at radius 2 is 2.05 bits per heavy atom. The number of fused-ring (bicyclic) bond motifs is 1. The summed E-state index contributed by atoms with van der Waals surface area (Å²) in [5, 5.41) is 13.4. The lowest BCUT2D eigenvalue weighted by Gasteiger charge is -2.21. The SMILES string of the molecule is CC(C)NCC(O)CN1C(=O)C(=O)c2cc(Cl)ccc21. The van der Waals surface area contributed by atoms with E-state index in [1.165, 1.54) is 11.0 Å². The van der Waals surface area contributed by atoms with Crippen LogP contribution < -0.4 is 10.2 Å². The molecule has 1 aliphatic rings. The average molecular weight is 297 g/mol. The fourth-order valence-electron chi connectivity index (χ4n) is 2.10. The minimum Gasteiger partial charge on any atom is -0.390 e. The number of halogens is 1. The first-order valence-corrected chi connectivity index (χ1v) is 6.85. The van der Waals surface area contributed by atoms with Crippen molar-refractivity contribution in [1.82, 2.24) is 5.32 Å². The smallest absolute Gasteiger partial charge is 0.299 e. The molecule has 0 saturated carbocycles. The number of nitrogens with one attached hydrogen (secondary N) is 1. The summed E-state index contributed by atoms with van der Waals surface area (Å²) in [5.74, 6) is -1.20. The van der Waals surface area contributed by atoms with Crippen LogP contribution in [0.1, 0.15) is 24.2 Å². The zero-order valence-electron chi connectivity index (χ0n) is 11.4. The van der Waals surface area contributed by atoms with Gasteiger partial charge in [-0.05, 0) is 18.2 Å². The number of β-amino-alcohol motifs (C(OH)–C–C–N with tert-alkyl or cyclic N) is 1. The number of amides is 1. The molecule has 0 bridgehead atoms. The Morgan fingerprint density at radius 1 is 1.35 bits per heavy atom. The van der Waals surface area contributed by atoms with Crippen molar-refractivity contribution in [3.63, 3.8) is 0 Å². The number of ketones is 1. The molecule has 1 aromatic carbocycles. The lowest BCUT2D eigenvalue weighted by Crippen LogP contribution is -2.42. The van der Waals surface area contributed by atoms with Crippen LogP contribution in [0.2, 0.25) is 5.02 Å². The van der Waals surface area contributed by atoms with Gasteiger partial charge in [0.15, 0.2) is 0 Å². The third-order valence-corrected chi connectivity index (χ3v) is 3.32. The van der Waals surface area contributed by atoms with Crippen LogP contribution in [-0.2, 0) is 4.79 Å². The second-order valence-electron chi connectivity index (χ2n) is 5.12. The molecular weight excluding hydrogens is 280 g/mol. The largest absolute Gasteiger partial charge is 0.390 e. The van der Waals surface area contributed by atoms with Crippen molar-refractivity contribution in [2.24, 2.45) is 0 Å². The van der Waals surface area contributed by atoms with Gasteiger partial charge in [0.2, 0.25) is 0 Å². The summed E-state index contributed by atoms with van der Waals surface area (Å²) >= 11 is 5.83. The lowest BCUT2D eigenvalue weighted by molar-refractivity contribution is -0.114. The Hall–Kier alpha value is -1.43. The van der Waals surface area contributed by atoms with E-state index >= 15 is 0 Å². The van der Waals surface area contributed by atoms with Gasteiger partial charge in [0.05, 0.1) is 23.9 Å². The number of nitrogens with zero attached hydrogens (tertiary/aromatic N) is 1.